The smallest absolute Gasteiger partial charge is 0.336 e. The molecule has 0 aromatic carbocycles. The maximum Gasteiger partial charge on any atom is 0.336 e. The maximum atomic E-state index is 14.6. The van der Waals surface area contributed by atoms with E-state index in [1.807, 2.05) is 13.8 Å². The molecule has 1 atom stereocenters. The highest BCUT2D eigenvalue weighted by Gasteiger charge is 2.43. The van der Waals surface area contributed by atoms with Gasteiger partial charge in [-0.05, 0) is 31.7 Å². The molecule has 3 rings (SSSR count). The Kier molecular flexibility index (Phi) is 4.69. The molecule has 1 aliphatic heterocycles. The van der Waals surface area contributed by atoms with Crippen molar-refractivity contribution >= 4 is 11.8 Å². The van der Waals surface area contributed by atoms with Crippen molar-refractivity contribution in [3.63, 3.8) is 0 Å². The van der Waals surface area contributed by atoms with Gasteiger partial charge in [0.2, 0.25) is 0 Å². The van der Waals surface area contributed by atoms with Gasteiger partial charge in [0.15, 0.2) is 5.78 Å². The van der Waals surface area contributed by atoms with Crippen LogP contribution in [0.25, 0.3) is 0 Å². The van der Waals surface area contributed by atoms with E-state index >= 15 is 0 Å². The van der Waals surface area contributed by atoms with E-state index in [4.69, 9.17) is 4.74 Å². The van der Waals surface area contributed by atoms with Crippen LogP contribution in [0.1, 0.15) is 52.0 Å². The number of pyridine rings is 1. The summed E-state index contributed by atoms with van der Waals surface area (Å²) in [4.78, 5) is 29.4. The Morgan fingerprint density at radius 2 is 2.15 bits per heavy atom. The summed E-state index contributed by atoms with van der Waals surface area (Å²) < 4.78 is 19.8. The van der Waals surface area contributed by atoms with Crippen LogP contribution in [0.4, 0.5) is 4.39 Å². The predicted octanol–water partition coefficient (Wildman–Crippen LogP) is 3.39. The number of nitrogens with zero attached hydrogens (tertiary/aromatic N) is 1. The van der Waals surface area contributed by atoms with Gasteiger partial charge in [-0.3, -0.25) is 9.78 Å². The molecule has 1 unspecified atom stereocenters. The van der Waals surface area contributed by atoms with Crippen molar-refractivity contribution in [2.24, 2.45) is 5.41 Å². The summed E-state index contributed by atoms with van der Waals surface area (Å²) in [7, 11) is 0. The Hall–Kier alpha value is -2.50. The van der Waals surface area contributed by atoms with Crippen LogP contribution in [0, 0.1) is 11.2 Å². The van der Waals surface area contributed by atoms with Crippen LogP contribution in [0.2, 0.25) is 0 Å². The number of dihydropyridines is 1. The molecule has 0 saturated carbocycles. The van der Waals surface area contributed by atoms with Gasteiger partial charge in [0.1, 0.15) is 5.82 Å². The fourth-order valence-corrected chi connectivity index (χ4v) is 3.85. The predicted molar refractivity (Wildman–Crippen MR) is 94.5 cm³/mol. The molecular weight excluding hydrogens is 335 g/mol. The van der Waals surface area contributed by atoms with Gasteiger partial charge in [-0.25, -0.2) is 9.18 Å². The van der Waals surface area contributed by atoms with Crippen LogP contribution in [0.3, 0.4) is 0 Å². The number of rotatable bonds is 3. The number of ketones is 1. The summed E-state index contributed by atoms with van der Waals surface area (Å²) in [5.41, 5.74) is 2.18. The second-order valence-corrected chi connectivity index (χ2v) is 7.55. The van der Waals surface area contributed by atoms with Crippen LogP contribution in [0.5, 0.6) is 0 Å². The molecule has 0 spiro atoms. The topological polar surface area (TPSA) is 68.3 Å². The second kappa shape index (κ2) is 6.67. The number of hydrogen-bond donors (Lipinski definition) is 1. The molecule has 138 valence electrons. The molecule has 1 aromatic rings. The first-order valence-electron chi connectivity index (χ1n) is 8.75. The van der Waals surface area contributed by atoms with Crippen molar-refractivity contribution in [2.75, 3.05) is 6.61 Å². The van der Waals surface area contributed by atoms with E-state index in [1.165, 1.54) is 12.3 Å². The first kappa shape index (κ1) is 18.3. The normalized spacial score (nSPS) is 22.0. The molecular formula is C20H23FN2O3. The van der Waals surface area contributed by atoms with Gasteiger partial charge in [-0.15, -0.1) is 0 Å². The third kappa shape index (κ3) is 3.16. The largest absolute Gasteiger partial charge is 0.463 e. The van der Waals surface area contributed by atoms with E-state index in [0.29, 0.717) is 24.1 Å². The molecule has 0 bridgehead atoms. The number of carbonyl (C=O) groups excluding carboxylic acids is 2. The minimum atomic E-state index is -0.781. The number of aromatic nitrogens is 1. The molecule has 1 aromatic heterocycles. The highest BCUT2D eigenvalue weighted by Crippen LogP contribution is 2.47. The number of hydrogen-bond acceptors (Lipinski definition) is 5. The zero-order valence-electron chi connectivity index (χ0n) is 15.5. The van der Waals surface area contributed by atoms with Crippen LogP contribution >= 0.6 is 0 Å². The van der Waals surface area contributed by atoms with Gasteiger partial charge in [-0.2, -0.15) is 0 Å². The van der Waals surface area contributed by atoms with E-state index in [2.05, 4.69) is 10.3 Å². The van der Waals surface area contributed by atoms with Gasteiger partial charge >= 0.3 is 5.97 Å². The maximum absolute atomic E-state index is 14.6. The van der Waals surface area contributed by atoms with E-state index < -0.39 is 17.7 Å². The van der Waals surface area contributed by atoms with Crippen molar-refractivity contribution in [3.05, 3.63) is 52.4 Å². The number of esters is 1. The monoisotopic (exact) mass is 358 g/mol. The minimum Gasteiger partial charge on any atom is -0.463 e. The molecule has 0 amide bonds. The number of ether oxygens (including phenoxy) is 1. The Bertz CT molecular complexity index is 839. The highest BCUT2D eigenvalue weighted by atomic mass is 19.1. The van der Waals surface area contributed by atoms with Gasteiger partial charge in [-0.1, -0.05) is 13.8 Å². The van der Waals surface area contributed by atoms with Crippen molar-refractivity contribution < 1.29 is 18.7 Å². The summed E-state index contributed by atoms with van der Waals surface area (Å²) in [5.74, 6) is -1.93. The Labute approximate surface area is 152 Å². The molecule has 0 saturated heterocycles. The molecule has 6 heteroatoms. The number of nitrogens with one attached hydrogen (secondary N) is 1. The van der Waals surface area contributed by atoms with Crippen LogP contribution in [0.15, 0.2) is 41.0 Å². The molecule has 0 fully saturated rings. The zero-order valence-corrected chi connectivity index (χ0v) is 15.5. The SMILES string of the molecule is CCOC(=O)C1=C(C)NC2=C(C(=O)CC(C)(C)C2)C1c1ccncc1F. The summed E-state index contributed by atoms with van der Waals surface area (Å²) in [6.07, 6.45) is 3.58. The molecule has 2 heterocycles. The third-order valence-electron chi connectivity index (χ3n) is 4.85. The zero-order chi connectivity index (χ0) is 19.1. The molecule has 2 aliphatic rings. The van der Waals surface area contributed by atoms with Crippen molar-refractivity contribution in [2.45, 2.75) is 46.5 Å². The average Bonchev–Trinajstić information content (AvgIpc) is 2.53. The second-order valence-electron chi connectivity index (χ2n) is 7.55. The Morgan fingerprint density at radius 3 is 2.81 bits per heavy atom. The lowest BCUT2D eigenvalue weighted by molar-refractivity contribution is -0.138. The van der Waals surface area contributed by atoms with Crippen LogP contribution in [-0.2, 0) is 14.3 Å². The highest BCUT2D eigenvalue weighted by molar-refractivity contribution is 6.04. The van der Waals surface area contributed by atoms with Gasteiger partial charge in [0.25, 0.3) is 0 Å². The lowest BCUT2D eigenvalue weighted by Crippen LogP contribution is -2.39. The molecule has 1 N–H and O–H groups in total. The van der Waals surface area contributed by atoms with Crippen molar-refractivity contribution in [1.82, 2.24) is 10.3 Å². The fourth-order valence-electron chi connectivity index (χ4n) is 3.85. The molecule has 5 nitrogen and oxygen atoms in total. The van der Waals surface area contributed by atoms with E-state index in [0.717, 1.165) is 11.9 Å². The summed E-state index contributed by atoms with van der Waals surface area (Å²) in [6, 6.07) is 1.52. The average molecular weight is 358 g/mol. The number of halogens is 1. The Balaban J connectivity index is 2.21. The summed E-state index contributed by atoms with van der Waals surface area (Å²) in [6.45, 7) is 7.73. The Morgan fingerprint density at radius 1 is 1.42 bits per heavy atom. The van der Waals surface area contributed by atoms with Crippen molar-refractivity contribution in [1.29, 1.82) is 0 Å². The van der Waals surface area contributed by atoms with E-state index in [1.54, 1.807) is 13.8 Å². The molecule has 26 heavy (non-hydrogen) atoms. The molecule has 1 aliphatic carbocycles. The summed E-state index contributed by atoms with van der Waals surface area (Å²) >= 11 is 0. The van der Waals surface area contributed by atoms with Crippen LogP contribution in [-0.4, -0.2) is 23.3 Å². The number of Topliss-reactive ketones (excluding diaryl/α,β-unsaturated/α-hetero) is 1. The fraction of sp³-hybridized carbons (Fsp3) is 0.450. The number of allylic oxidation sites excluding steroid dienone is 3. The van der Waals surface area contributed by atoms with E-state index in [-0.39, 0.29) is 28.9 Å². The summed E-state index contributed by atoms with van der Waals surface area (Å²) in [5, 5.41) is 3.21. The van der Waals surface area contributed by atoms with Gasteiger partial charge in [0.05, 0.1) is 24.3 Å². The minimum absolute atomic E-state index is 0.0701. The third-order valence-corrected chi connectivity index (χ3v) is 4.85. The first-order chi connectivity index (χ1) is 12.2. The lowest BCUT2D eigenvalue weighted by Gasteiger charge is -2.39. The standard InChI is InChI=1S/C20H23FN2O3/c1-5-26-19(25)16-11(2)23-14-8-20(3,4)9-15(24)18(14)17(16)12-6-7-22-10-13(12)21/h6-7,10,17,23H,5,8-9H2,1-4H3. The first-order valence-corrected chi connectivity index (χ1v) is 8.75. The van der Waals surface area contributed by atoms with E-state index in [9.17, 15) is 14.0 Å². The van der Waals surface area contributed by atoms with Gasteiger partial charge in [0, 0.05) is 35.1 Å². The number of carbonyl (C=O) groups is 2. The van der Waals surface area contributed by atoms with Crippen LogP contribution < -0.4 is 5.32 Å². The quantitative estimate of drug-likeness (QED) is 0.839. The molecule has 0 radical (unpaired) electrons. The van der Waals surface area contributed by atoms with Crippen molar-refractivity contribution in [3.8, 4) is 0 Å². The van der Waals surface area contributed by atoms with Gasteiger partial charge < -0.3 is 10.1 Å². The lowest BCUT2D eigenvalue weighted by atomic mass is 9.68.